The van der Waals surface area contributed by atoms with E-state index >= 15 is 0 Å². The second-order valence-corrected chi connectivity index (χ2v) is 2.75. The summed E-state index contributed by atoms with van der Waals surface area (Å²) in [5.41, 5.74) is 0. The fourth-order valence-electron chi connectivity index (χ4n) is 1.08. The van der Waals surface area contributed by atoms with Crippen LogP contribution in [0.25, 0.3) is 0 Å². The molecule has 72 valence electrons. The van der Waals surface area contributed by atoms with Crippen LogP contribution in [-0.4, -0.2) is 19.7 Å². The lowest BCUT2D eigenvalue weighted by molar-refractivity contribution is 0.662. The fourth-order valence-corrected chi connectivity index (χ4v) is 1.08. The number of anilines is 2. The predicted octanol–water partition coefficient (Wildman–Crippen LogP) is 1.44. The van der Waals surface area contributed by atoms with Crippen molar-refractivity contribution in [2.45, 2.75) is 13.5 Å². The number of aryl methyl sites for hydroxylation is 1. The summed E-state index contributed by atoms with van der Waals surface area (Å²) in [5.74, 6) is 1.33. The third kappa shape index (κ3) is 1.87. The first-order chi connectivity index (χ1) is 6.88. The molecule has 0 atom stereocenters. The molecule has 0 saturated heterocycles. The van der Waals surface area contributed by atoms with Gasteiger partial charge >= 0.3 is 0 Å². The molecule has 1 N–H and O–H groups in total. The molecule has 0 spiro atoms. The number of hydrogen-bond donors (Lipinski definition) is 1. The first kappa shape index (κ1) is 8.68. The van der Waals surface area contributed by atoms with Crippen LogP contribution in [0.1, 0.15) is 6.92 Å². The molecule has 0 saturated carbocycles. The van der Waals surface area contributed by atoms with Crippen LogP contribution in [0.3, 0.4) is 0 Å². The molecule has 0 aliphatic carbocycles. The molecule has 2 aromatic rings. The fraction of sp³-hybridized carbons (Fsp3) is 0.222. The van der Waals surface area contributed by atoms with Gasteiger partial charge in [0.2, 0.25) is 5.95 Å². The zero-order valence-corrected chi connectivity index (χ0v) is 7.88. The highest BCUT2D eigenvalue weighted by Gasteiger charge is 1.98. The number of nitrogens with zero attached hydrogens (tertiary/aromatic N) is 4. The van der Waals surface area contributed by atoms with Gasteiger partial charge in [-0.1, -0.05) is 0 Å². The van der Waals surface area contributed by atoms with Crippen LogP contribution in [-0.2, 0) is 6.54 Å². The maximum Gasteiger partial charge on any atom is 0.228 e. The van der Waals surface area contributed by atoms with Crippen LogP contribution in [0.2, 0.25) is 0 Å². The first-order valence-corrected chi connectivity index (χ1v) is 4.46. The minimum atomic E-state index is 0.564. The van der Waals surface area contributed by atoms with E-state index < -0.39 is 0 Å². The Bertz CT molecular complexity index is 395. The van der Waals surface area contributed by atoms with E-state index in [1.165, 1.54) is 0 Å². The van der Waals surface area contributed by atoms with Gasteiger partial charge in [0.25, 0.3) is 0 Å². The van der Waals surface area contributed by atoms with Crippen molar-refractivity contribution in [3.05, 3.63) is 30.7 Å². The number of aromatic nitrogens is 4. The van der Waals surface area contributed by atoms with Crippen LogP contribution in [0.4, 0.5) is 11.8 Å². The molecule has 0 amide bonds. The largest absolute Gasteiger partial charge is 0.307 e. The van der Waals surface area contributed by atoms with E-state index in [0.29, 0.717) is 5.95 Å². The molecule has 2 rings (SSSR count). The molecular formula is C9H11N5. The van der Waals surface area contributed by atoms with Crippen molar-refractivity contribution in [1.29, 1.82) is 0 Å². The molecule has 0 aliphatic rings. The first-order valence-electron chi connectivity index (χ1n) is 4.46. The van der Waals surface area contributed by atoms with Gasteiger partial charge in [-0.15, -0.1) is 0 Å². The van der Waals surface area contributed by atoms with E-state index in [9.17, 15) is 0 Å². The maximum absolute atomic E-state index is 4.25. The predicted molar refractivity (Wildman–Crippen MR) is 53.2 cm³/mol. The second kappa shape index (κ2) is 3.87. The monoisotopic (exact) mass is 189 g/mol. The molecule has 0 bridgehead atoms. The van der Waals surface area contributed by atoms with Crippen LogP contribution < -0.4 is 5.32 Å². The summed E-state index contributed by atoms with van der Waals surface area (Å²) in [6.45, 7) is 2.90. The molecule has 2 aromatic heterocycles. The highest BCUT2D eigenvalue weighted by atomic mass is 15.3. The Morgan fingerprint density at radius 3 is 2.79 bits per heavy atom. The van der Waals surface area contributed by atoms with Gasteiger partial charge in [0.05, 0.1) is 0 Å². The summed E-state index contributed by atoms with van der Waals surface area (Å²) in [5, 5.41) is 7.25. The van der Waals surface area contributed by atoms with Crippen LogP contribution in [0.15, 0.2) is 30.7 Å². The molecule has 5 nitrogen and oxygen atoms in total. The van der Waals surface area contributed by atoms with E-state index in [1.54, 1.807) is 18.5 Å². The molecule has 14 heavy (non-hydrogen) atoms. The summed E-state index contributed by atoms with van der Waals surface area (Å²) in [6, 6.07) is 3.66. The van der Waals surface area contributed by atoms with E-state index in [4.69, 9.17) is 0 Å². The lowest BCUT2D eigenvalue weighted by Crippen LogP contribution is -1.99. The average Bonchev–Trinajstić information content (AvgIpc) is 2.67. The average molecular weight is 189 g/mol. The Labute approximate surface area is 81.8 Å². The molecule has 0 unspecified atom stereocenters. The van der Waals surface area contributed by atoms with Gasteiger partial charge in [0, 0.05) is 31.2 Å². The maximum atomic E-state index is 4.25. The normalized spacial score (nSPS) is 10.1. The lowest BCUT2D eigenvalue weighted by Gasteiger charge is -1.98. The van der Waals surface area contributed by atoms with E-state index in [2.05, 4.69) is 20.4 Å². The van der Waals surface area contributed by atoms with Crippen molar-refractivity contribution in [3.63, 3.8) is 0 Å². The molecule has 0 aliphatic heterocycles. The van der Waals surface area contributed by atoms with Gasteiger partial charge in [-0.3, -0.25) is 4.68 Å². The lowest BCUT2D eigenvalue weighted by atomic mass is 10.6. The Morgan fingerprint density at radius 1 is 1.36 bits per heavy atom. The number of nitrogens with one attached hydrogen (secondary N) is 1. The van der Waals surface area contributed by atoms with Gasteiger partial charge < -0.3 is 5.32 Å². The van der Waals surface area contributed by atoms with E-state index in [1.807, 2.05) is 23.9 Å². The third-order valence-corrected chi connectivity index (χ3v) is 1.77. The molecule has 0 aromatic carbocycles. The molecule has 2 heterocycles. The minimum absolute atomic E-state index is 0.564. The molecule has 5 heteroatoms. The van der Waals surface area contributed by atoms with Gasteiger partial charge in [0.1, 0.15) is 0 Å². The Kier molecular flexibility index (Phi) is 2.40. The highest BCUT2D eigenvalue weighted by Crippen LogP contribution is 2.07. The topological polar surface area (TPSA) is 55.6 Å². The number of rotatable bonds is 3. The van der Waals surface area contributed by atoms with E-state index in [0.717, 1.165) is 12.4 Å². The quantitative estimate of drug-likeness (QED) is 0.793. The smallest absolute Gasteiger partial charge is 0.228 e. The Morgan fingerprint density at radius 2 is 2.14 bits per heavy atom. The van der Waals surface area contributed by atoms with Crippen LogP contribution >= 0.6 is 0 Å². The summed E-state index contributed by atoms with van der Waals surface area (Å²) in [4.78, 5) is 8.08. The zero-order chi connectivity index (χ0) is 9.80. The van der Waals surface area contributed by atoms with Gasteiger partial charge in [0.15, 0.2) is 5.82 Å². The summed E-state index contributed by atoms with van der Waals surface area (Å²) in [7, 11) is 0. The zero-order valence-electron chi connectivity index (χ0n) is 7.88. The van der Waals surface area contributed by atoms with Crippen molar-refractivity contribution < 1.29 is 0 Å². The van der Waals surface area contributed by atoms with Crippen molar-refractivity contribution in [3.8, 4) is 0 Å². The van der Waals surface area contributed by atoms with Crippen LogP contribution in [0, 0.1) is 0 Å². The number of hydrogen-bond acceptors (Lipinski definition) is 4. The third-order valence-electron chi connectivity index (χ3n) is 1.77. The second-order valence-electron chi connectivity index (χ2n) is 2.75. The molecule has 0 fully saturated rings. The summed E-state index contributed by atoms with van der Waals surface area (Å²) >= 11 is 0. The van der Waals surface area contributed by atoms with Crippen molar-refractivity contribution in [2.24, 2.45) is 0 Å². The van der Waals surface area contributed by atoms with Gasteiger partial charge in [-0.05, 0) is 13.0 Å². The van der Waals surface area contributed by atoms with Gasteiger partial charge in [-0.2, -0.15) is 5.10 Å². The van der Waals surface area contributed by atoms with Crippen molar-refractivity contribution in [1.82, 2.24) is 19.7 Å². The van der Waals surface area contributed by atoms with Crippen molar-refractivity contribution in [2.75, 3.05) is 5.32 Å². The SMILES string of the molecule is CCn1ccc(Nc2ncccn2)n1. The van der Waals surface area contributed by atoms with Gasteiger partial charge in [-0.25, -0.2) is 9.97 Å². The standard InChI is InChI=1S/C9H11N5/c1-2-14-7-4-8(13-14)12-9-10-5-3-6-11-9/h3-7H,2H2,1H3,(H,10,11,12,13). The Hall–Kier alpha value is -1.91. The highest BCUT2D eigenvalue weighted by molar-refractivity contribution is 5.45. The minimum Gasteiger partial charge on any atom is -0.307 e. The van der Waals surface area contributed by atoms with E-state index in [-0.39, 0.29) is 0 Å². The molecular weight excluding hydrogens is 178 g/mol. The van der Waals surface area contributed by atoms with Crippen LogP contribution in [0.5, 0.6) is 0 Å². The summed E-state index contributed by atoms with van der Waals surface area (Å²) in [6.07, 6.45) is 5.28. The van der Waals surface area contributed by atoms with Crippen molar-refractivity contribution >= 4 is 11.8 Å². The Balaban J connectivity index is 2.11. The summed E-state index contributed by atoms with van der Waals surface area (Å²) < 4.78 is 1.84. The molecule has 0 radical (unpaired) electrons.